The van der Waals surface area contributed by atoms with Crippen LogP contribution < -0.4 is 5.73 Å². The lowest BCUT2D eigenvalue weighted by Crippen LogP contribution is -2.29. The first kappa shape index (κ1) is 11.5. The second-order valence-electron chi connectivity index (χ2n) is 4.52. The molecule has 0 bridgehead atoms. The summed E-state index contributed by atoms with van der Waals surface area (Å²) in [6.45, 7) is 6.43. The van der Waals surface area contributed by atoms with Crippen molar-refractivity contribution in [3.63, 3.8) is 0 Å². The van der Waals surface area contributed by atoms with Gasteiger partial charge in [0.2, 0.25) is 0 Å². The van der Waals surface area contributed by atoms with E-state index in [9.17, 15) is 0 Å². The van der Waals surface area contributed by atoms with E-state index in [1.54, 1.807) is 17.7 Å². The molecule has 2 rings (SSSR count). The standard InChI is InChI=1S/C12H17N3S/c1-7(2)10(8(3)13)11-12-9(4-5-16-12)14-6-15-11/h4-8,10H,13H2,1-3H3. The van der Waals surface area contributed by atoms with E-state index in [1.807, 2.05) is 13.0 Å². The molecule has 0 saturated heterocycles. The predicted octanol–water partition coefficient (Wildman–Crippen LogP) is 2.78. The molecule has 2 atom stereocenters. The first-order chi connectivity index (χ1) is 7.61. The van der Waals surface area contributed by atoms with E-state index in [4.69, 9.17) is 5.73 Å². The fourth-order valence-corrected chi connectivity index (χ4v) is 3.10. The van der Waals surface area contributed by atoms with Crippen molar-refractivity contribution < 1.29 is 0 Å². The fourth-order valence-electron chi connectivity index (χ4n) is 2.22. The number of rotatable bonds is 3. The van der Waals surface area contributed by atoms with Gasteiger partial charge in [-0.2, -0.15) is 0 Å². The van der Waals surface area contributed by atoms with Gasteiger partial charge in [-0.05, 0) is 24.3 Å². The minimum atomic E-state index is 0.111. The highest BCUT2D eigenvalue weighted by Crippen LogP contribution is 2.32. The van der Waals surface area contributed by atoms with Crippen molar-refractivity contribution in [2.24, 2.45) is 11.7 Å². The quantitative estimate of drug-likeness (QED) is 0.890. The summed E-state index contributed by atoms with van der Waals surface area (Å²) in [4.78, 5) is 8.70. The highest BCUT2D eigenvalue weighted by Gasteiger charge is 2.24. The smallest absolute Gasteiger partial charge is 0.116 e. The number of hydrogen-bond acceptors (Lipinski definition) is 4. The van der Waals surface area contributed by atoms with Gasteiger partial charge >= 0.3 is 0 Å². The van der Waals surface area contributed by atoms with Crippen molar-refractivity contribution in [2.75, 3.05) is 0 Å². The number of aromatic nitrogens is 2. The maximum atomic E-state index is 6.07. The molecule has 16 heavy (non-hydrogen) atoms. The van der Waals surface area contributed by atoms with Crippen LogP contribution in [0.25, 0.3) is 10.2 Å². The van der Waals surface area contributed by atoms with Crippen LogP contribution in [0.4, 0.5) is 0 Å². The van der Waals surface area contributed by atoms with Gasteiger partial charge in [0.15, 0.2) is 0 Å². The first-order valence-electron chi connectivity index (χ1n) is 5.55. The molecule has 2 heterocycles. The fraction of sp³-hybridized carbons (Fsp3) is 0.500. The SMILES string of the molecule is CC(C)C(c1ncnc2ccsc12)C(C)N. The molecule has 2 aromatic rings. The van der Waals surface area contributed by atoms with Crippen LogP contribution in [0, 0.1) is 5.92 Å². The van der Waals surface area contributed by atoms with E-state index in [-0.39, 0.29) is 6.04 Å². The third kappa shape index (κ3) is 1.95. The second kappa shape index (κ2) is 4.47. The van der Waals surface area contributed by atoms with Crippen molar-refractivity contribution in [2.45, 2.75) is 32.7 Å². The Morgan fingerprint density at radius 2 is 2.00 bits per heavy atom. The van der Waals surface area contributed by atoms with Gasteiger partial charge in [-0.3, -0.25) is 0 Å². The van der Waals surface area contributed by atoms with Crippen LogP contribution in [0.5, 0.6) is 0 Å². The summed E-state index contributed by atoms with van der Waals surface area (Å²) in [5.41, 5.74) is 8.20. The molecule has 0 saturated carbocycles. The van der Waals surface area contributed by atoms with Crippen LogP contribution in [-0.2, 0) is 0 Å². The maximum absolute atomic E-state index is 6.07. The number of thiophene rings is 1. The van der Waals surface area contributed by atoms with E-state index in [2.05, 4.69) is 29.2 Å². The Balaban J connectivity index is 2.56. The lowest BCUT2D eigenvalue weighted by Gasteiger charge is -2.24. The van der Waals surface area contributed by atoms with Crippen LogP contribution in [0.3, 0.4) is 0 Å². The van der Waals surface area contributed by atoms with Gasteiger partial charge < -0.3 is 5.73 Å². The Morgan fingerprint density at radius 1 is 1.25 bits per heavy atom. The number of hydrogen-bond donors (Lipinski definition) is 1. The van der Waals surface area contributed by atoms with E-state index in [0.29, 0.717) is 11.8 Å². The van der Waals surface area contributed by atoms with Gasteiger partial charge in [-0.15, -0.1) is 11.3 Å². The van der Waals surface area contributed by atoms with Crippen LogP contribution in [0.2, 0.25) is 0 Å². The summed E-state index contributed by atoms with van der Waals surface area (Å²) in [6, 6.07) is 2.14. The van der Waals surface area contributed by atoms with Crippen molar-refractivity contribution in [1.82, 2.24) is 9.97 Å². The molecule has 0 amide bonds. The zero-order valence-electron chi connectivity index (χ0n) is 9.84. The average Bonchev–Trinajstić information content (AvgIpc) is 2.65. The summed E-state index contributed by atoms with van der Waals surface area (Å²) in [5.74, 6) is 0.782. The van der Waals surface area contributed by atoms with Crippen LogP contribution in [0.1, 0.15) is 32.4 Å². The Labute approximate surface area is 99.7 Å². The Kier molecular flexibility index (Phi) is 3.21. The largest absolute Gasteiger partial charge is 0.327 e. The molecular weight excluding hydrogens is 218 g/mol. The number of nitrogens with two attached hydrogens (primary N) is 1. The molecule has 2 N–H and O–H groups in total. The van der Waals surface area contributed by atoms with Crippen LogP contribution in [-0.4, -0.2) is 16.0 Å². The number of nitrogens with zero attached hydrogens (tertiary/aromatic N) is 2. The van der Waals surface area contributed by atoms with Crippen LogP contribution >= 0.6 is 11.3 Å². The van der Waals surface area contributed by atoms with Crippen molar-refractivity contribution in [3.05, 3.63) is 23.5 Å². The Bertz CT molecular complexity index is 468. The van der Waals surface area contributed by atoms with E-state index in [1.165, 1.54) is 4.70 Å². The minimum Gasteiger partial charge on any atom is -0.327 e. The van der Waals surface area contributed by atoms with E-state index >= 15 is 0 Å². The number of fused-ring (bicyclic) bond motifs is 1. The average molecular weight is 235 g/mol. The molecular formula is C12H17N3S. The van der Waals surface area contributed by atoms with Gasteiger partial charge in [0, 0.05) is 12.0 Å². The predicted molar refractivity (Wildman–Crippen MR) is 68.6 cm³/mol. The molecule has 86 valence electrons. The lowest BCUT2D eigenvalue weighted by molar-refractivity contribution is 0.430. The molecule has 0 radical (unpaired) electrons. The molecule has 0 fully saturated rings. The summed E-state index contributed by atoms with van der Waals surface area (Å²) in [7, 11) is 0. The van der Waals surface area contributed by atoms with E-state index < -0.39 is 0 Å². The topological polar surface area (TPSA) is 51.8 Å². The third-order valence-electron chi connectivity index (χ3n) is 2.87. The Hall–Kier alpha value is -1.00. The van der Waals surface area contributed by atoms with Crippen LogP contribution in [0.15, 0.2) is 17.8 Å². The zero-order chi connectivity index (χ0) is 11.7. The molecule has 4 heteroatoms. The van der Waals surface area contributed by atoms with Gasteiger partial charge in [0.25, 0.3) is 0 Å². The van der Waals surface area contributed by atoms with E-state index in [0.717, 1.165) is 11.2 Å². The minimum absolute atomic E-state index is 0.111. The summed E-state index contributed by atoms with van der Waals surface area (Å²) in [5, 5.41) is 2.06. The highest BCUT2D eigenvalue weighted by molar-refractivity contribution is 7.17. The lowest BCUT2D eigenvalue weighted by atomic mass is 9.86. The molecule has 2 unspecified atom stereocenters. The summed E-state index contributed by atoms with van der Waals surface area (Å²) < 4.78 is 1.18. The summed E-state index contributed by atoms with van der Waals surface area (Å²) in [6.07, 6.45) is 1.64. The second-order valence-corrected chi connectivity index (χ2v) is 5.44. The normalized spacial score (nSPS) is 15.6. The monoisotopic (exact) mass is 235 g/mol. The van der Waals surface area contributed by atoms with Crippen molar-refractivity contribution in [1.29, 1.82) is 0 Å². The van der Waals surface area contributed by atoms with Gasteiger partial charge in [-0.1, -0.05) is 13.8 Å². The first-order valence-corrected chi connectivity index (χ1v) is 6.43. The molecule has 0 aliphatic carbocycles. The van der Waals surface area contributed by atoms with Gasteiger partial charge in [0.1, 0.15) is 6.33 Å². The molecule has 0 aromatic carbocycles. The highest BCUT2D eigenvalue weighted by atomic mass is 32.1. The Morgan fingerprint density at radius 3 is 2.62 bits per heavy atom. The molecule has 3 nitrogen and oxygen atoms in total. The van der Waals surface area contributed by atoms with Gasteiger partial charge in [0.05, 0.1) is 15.9 Å². The molecule has 0 spiro atoms. The van der Waals surface area contributed by atoms with Gasteiger partial charge in [-0.25, -0.2) is 9.97 Å². The molecule has 2 aromatic heterocycles. The van der Waals surface area contributed by atoms with Crippen molar-refractivity contribution in [3.8, 4) is 0 Å². The third-order valence-corrected chi connectivity index (χ3v) is 3.80. The molecule has 0 aliphatic rings. The summed E-state index contributed by atoms with van der Waals surface area (Å²) >= 11 is 1.70. The molecule has 0 aliphatic heterocycles. The zero-order valence-corrected chi connectivity index (χ0v) is 10.7. The maximum Gasteiger partial charge on any atom is 0.116 e. The van der Waals surface area contributed by atoms with Crippen molar-refractivity contribution >= 4 is 21.6 Å².